The van der Waals surface area contributed by atoms with E-state index in [1.54, 1.807) is 19.1 Å². The molecule has 0 unspecified atom stereocenters. The molecule has 100 valence electrons. The molecular weight excluding hydrogens is 282 g/mol. The molecule has 0 bridgehead atoms. The topological polar surface area (TPSA) is 103 Å². The van der Waals surface area contributed by atoms with Crippen molar-refractivity contribution < 1.29 is 4.92 Å². The molecule has 2 aromatic heterocycles. The fourth-order valence-electron chi connectivity index (χ4n) is 1.63. The summed E-state index contributed by atoms with van der Waals surface area (Å²) in [5.41, 5.74) is 0.633. The molecule has 0 saturated heterocycles. The first-order chi connectivity index (χ1) is 9.56. The van der Waals surface area contributed by atoms with Crippen molar-refractivity contribution in [3.63, 3.8) is 0 Å². The molecule has 0 N–H and O–H groups in total. The van der Waals surface area contributed by atoms with Gasteiger partial charge in [-0.1, -0.05) is 11.3 Å². The summed E-state index contributed by atoms with van der Waals surface area (Å²) in [4.78, 5) is 22.3. The number of benzene rings is 1. The third-order valence-electron chi connectivity index (χ3n) is 2.67. The van der Waals surface area contributed by atoms with Gasteiger partial charge in [0, 0.05) is 17.7 Å². The predicted molar refractivity (Wildman–Crippen MR) is 71.8 cm³/mol. The number of hydrogen-bond donors (Lipinski definition) is 0. The third kappa shape index (κ3) is 1.93. The van der Waals surface area contributed by atoms with Crippen LogP contribution in [-0.4, -0.2) is 24.7 Å². The van der Waals surface area contributed by atoms with Gasteiger partial charge < -0.3 is 0 Å². The fraction of sp³-hybridized carbons (Fsp3) is 0.0909. The van der Waals surface area contributed by atoms with Crippen molar-refractivity contribution in [3.05, 3.63) is 50.4 Å². The molecule has 0 spiro atoms. The largest absolute Gasteiger partial charge is 0.296 e. The molecule has 0 amide bonds. The molecule has 0 radical (unpaired) electrons. The van der Waals surface area contributed by atoms with Crippen LogP contribution in [0.2, 0.25) is 0 Å². The number of nitrogens with zero attached hydrogens (tertiary/aromatic N) is 5. The van der Waals surface area contributed by atoms with Crippen LogP contribution in [0.4, 0.5) is 5.69 Å². The minimum absolute atomic E-state index is 0.00247. The van der Waals surface area contributed by atoms with Gasteiger partial charge in [-0.15, -0.1) is 10.2 Å². The molecule has 8 nitrogen and oxygen atoms in total. The van der Waals surface area contributed by atoms with Crippen molar-refractivity contribution in [2.45, 2.75) is 6.92 Å². The highest BCUT2D eigenvalue weighted by Gasteiger charge is 2.12. The van der Waals surface area contributed by atoms with E-state index in [1.807, 2.05) is 0 Å². The second kappa shape index (κ2) is 4.46. The lowest BCUT2D eigenvalue weighted by molar-refractivity contribution is -0.384. The van der Waals surface area contributed by atoms with E-state index in [9.17, 15) is 14.9 Å². The lowest BCUT2D eigenvalue weighted by Crippen LogP contribution is -2.19. The van der Waals surface area contributed by atoms with Crippen molar-refractivity contribution in [2.75, 3.05) is 0 Å². The normalized spacial score (nSPS) is 10.8. The zero-order valence-corrected chi connectivity index (χ0v) is 11.0. The average Bonchev–Trinajstić information content (AvgIpc) is 2.88. The number of nitro groups is 1. The SMILES string of the molecule is Cc1nnc2sc(-c3ccc([N+](=O)[O-])cc3)nn2c1=O. The number of rotatable bonds is 2. The second-order valence-electron chi connectivity index (χ2n) is 4.00. The Kier molecular flexibility index (Phi) is 2.75. The Labute approximate surface area is 115 Å². The van der Waals surface area contributed by atoms with Crippen LogP contribution in [0.15, 0.2) is 29.1 Å². The highest BCUT2D eigenvalue weighted by molar-refractivity contribution is 7.19. The Morgan fingerprint density at radius 1 is 1.25 bits per heavy atom. The summed E-state index contributed by atoms with van der Waals surface area (Å²) in [6.45, 7) is 1.56. The molecular formula is C11H7N5O3S. The Hall–Kier alpha value is -2.68. The zero-order chi connectivity index (χ0) is 14.3. The van der Waals surface area contributed by atoms with Gasteiger partial charge >= 0.3 is 0 Å². The van der Waals surface area contributed by atoms with Gasteiger partial charge in [-0.3, -0.25) is 14.9 Å². The van der Waals surface area contributed by atoms with Crippen LogP contribution in [0.1, 0.15) is 5.69 Å². The minimum Gasteiger partial charge on any atom is -0.265 e. The molecule has 0 aliphatic rings. The van der Waals surface area contributed by atoms with E-state index in [1.165, 1.54) is 28.0 Å². The number of hydrogen-bond acceptors (Lipinski definition) is 7. The molecule has 2 heterocycles. The standard InChI is InChI=1S/C11H7N5O3S/c1-6-10(17)15-11(13-12-6)20-9(14-15)7-2-4-8(5-3-7)16(18)19/h2-5H,1H3. The van der Waals surface area contributed by atoms with Crippen LogP contribution in [0.3, 0.4) is 0 Å². The number of aryl methyl sites for hydroxylation is 1. The lowest BCUT2D eigenvalue weighted by atomic mass is 10.2. The summed E-state index contributed by atoms with van der Waals surface area (Å²) in [5, 5.41) is 23.0. The Balaban J connectivity index is 2.13. The molecule has 1 aromatic carbocycles. The monoisotopic (exact) mass is 289 g/mol. The first-order valence-electron chi connectivity index (χ1n) is 5.54. The van der Waals surface area contributed by atoms with Gasteiger partial charge in [-0.2, -0.15) is 9.61 Å². The first-order valence-corrected chi connectivity index (χ1v) is 6.36. The van der Waals surface area contributed by atoms with Crippen LogP contribution in [-0.2, 0) is 0 Å². The molecule has 0 aliphatic heterocycles. The van der Waals surface area contributed by atoms with Crippen LogP contribution < -0.4 is 5.56 Å². The van der Waals surface area contributed by atoms with Crippen LogP contribution in [0.5, 0.6) is 0 Å². The maximum Gasteiger partial charge on any atom is 0.296 e. The molecule has 20 heavy (non-hydrogen) atoms. The highest BCUT2D eigenvalue weighted by atomic mass is 32.1. The molecule has 0 fully saturated rings. The van der Waals surface area contributed by atoms with E-state index < -0.39 is 4.92 Å². The van der Waals surface area contributed by atoms with Gasteiger partial charge in [-0.25, -0.2) is 0 Å². The number of fused-ring (bicyclic) bond motifs is 1. The van der Waals surface area contributed by atoms with Gasteiger partial charge in [0.1, 0.15) is 10.7 Å². The number of non-ortho nitro benzene ring substituents is 1. The van der Waals surface area contributed by atoms with Crippen molar-refractivity contribution in [1.82, 2.24) is 19.8 Å². The van der Waals surface area contributed by atoms with E-state index in [2.05, 4.69) is 15.3 Å². The quantitative estimate of drug-likeness (QED) is 0.522. The molecule has 3 rings (SSSR count). The summed E-state index contributed by atoms with van der Waals surface area (Å²) in [5.74, 6) is 0. The Morgan fingerprint density at radius 3 is 2.60 bits per heavy atom. The summed E-state index contributed by atoms with van der Waals surface area (Å²) < 4.78 is 1.18. The molecule has 9 heteroatoms. The Morgan fingerprint density at radius 2 is 1.95 bits per heavy atom. The van der Waals surface area contributed by atoms with Gasteiger partial charge in [0.15, 0.2) is 0 Å². The number of aromatic nitrogens is 4. The number of nitro benzene ring substituents is 1. The van der Waals surface area contributed by atoms with E-state index in [4.69, 9.17) is 0 Å². The zero-order valence-electron chi connectivity index (χ0n) is 10.2. The van der Waals surface area contributed by atoms with Crippen molar-refractivity contribution in [2.24, 2.45) is 0 Å². The Bertz CT molecular complexity index is 868. The van der Waals surface area contributed by atoms with Crippen LogP contribution in [0, 0.1) is 17.0 Å². The van der Waals surface area contributed by atoms with Crippen LogP contribution in [0.25, 0.3) is 15.5 Å². The molecule has 0 saturated carbocycles. The predicted octanol–water partition coefficient (Wildman–Crippen LogP) is 1.43. The first kappa shape index (κ1) is 12.4. The van der Waals surface area contributed by atoms with Crippen molar-refractivity contribution >= 4 is 22.0 Å². The summed E-state index contributed by atoms with van der Waals surface area (Å²) >= 11 is 1.20. The third-order valence-corrected chi connectivity index (χ3v) is 3.62. The second-order valence-corrected chi connectivity index (χ2v) is 4.95. The van der Waals surface area contributed by atoms with Gasteiger partial charge in [0.2, 0.25) is 4.96 Å². The minimum atomic E-state index is -0.471. The summed E-state index contributed by atoms with van der Waals surface area (Å²) in [6.07, 6.45) is 0. The summed E-state index contributed by atoms with van der Waals surface area (Å²) in [6, 6.07) is 5.95. The van der Waals surface area contributed by atoms with Gasteiger partial charge in [0.25, 0.3) is 11.2 Å². The molecule has 3 aromatic rings. The maximum atomic E-state index is 11.8. The van der Waals surface area contributed by atoms with E-state index in [0.717, 1.165) is 0 Å². The van der Waals surface area contributed by atoms with Gasteiger partial charge in [0.05, 0.1) is 4.92 Å². The van der Waals surface area contributed by atoms with E-state index in [-0.39, 0.29) is 16.9 Å². The average molecular weight is 289 g/mol. The summed E-state index contributed by atoms with van der Waals surface area (Å²) in [7, 11) is 0. The van der Waals surface area contributed by atoms with Gasteiger partial charge in [-0.05, 0) is 19.1 Å². The smallest absolute Gasteiger partial charge is 0.265 e. The molecule has 0 aliphatic carbocycles. The fourth-order valence-corrected chi connectivity index (χ4v) is 2.48. The molecule has 0 atom stereocenters. The van der Waals surface area contributed by atoms with E-state index in [0.29, 0.717) is 15.5 Å². The van der Waals surface area contributed by atoms with Crippen molar-refractivity contribution in [1.29, 1.82) is 0 Å². The van der Waals surface area contributed by atoms with Crippen molar-refractivity contribution in [3.8, 4) is 10.6 Å². The highest BCUT2D eigenvalue weighted by Crippen LogP contribution is 2.25. The van der Waals surface area contributed by atoms with E-state index >= 15 is 0 Å². The van der Waals surface area contributed by atoms with Crippen LogP contribution >= 0.6 is 11.3 Å². The lowest BCUT2D eigenvalue weighted by Gasteiger charge is -1.94. The maximum absolute atomic E-state index is 11.8.